The highest BCUT2D eigenvalue weighted by Crippen LogP contribution is 2.02. The van der Waals surface area contributed by atoms with E-state index in [1.165, 1.54) is 5.56 Å². The lowest BCUT2D eigenvalue weighted by Gasteiger charge is -1.86. The molecule has 0 N–H and O–H groups in total. The molecule has 3 nitrogen and oxygen atoms in total. The number of hydrogen-bond acceptors (Lipinski definition) is 2. The number of nitrogens with zero attached hydrogens (tertiary/aromatic N) is 3. The molecular formula is C9H13N3. The van der Waals surface area contributed by atoms with E-state index in [4.69, 9.17) is 0 Å². The first kappa shape index (κ1) is 8.71. The lowest BCUT2D eigenvalue weighted by molar-refractivity contribution is 1.02. The molecule has 12 heavy (non-hydrogen) atoms. The minimum atomic E-state index is 0.951. The van der Waals surface area contributed by atoms with Gasteiger partial charge in [0.25, 0.3) is 0 Å². The zero-order valence-electron chi connectivity index (χ0n) is 7.65. The summed E-state index contributed by atoms with van der Waals surface area (Å²) in [4.78, 5) is 7.93. The van der Waals surface area contributed by atoms with Crippen LogP contribution in [0.25, 0.3) is 5.65 Å². The Kier molecular flexibility index (Phi) is 2.80. The summed E-state index contributed by atoms with van der Waals surface area (Å²) in [6.45, 7) is 6.04. The molecule has 0 atom stereocenters. The second kappa shape index (κ2) is 3.85. The van der Waals surface area contributed by atoms with Crippen LogP contribution in [0.5, 0.6) is 0 Å². The molecule has 0 unspecified atom stereocenters. The van der Waals surface area contributed by atoms with Crippen molar-refractivity contribution >= 4 is 5.65 Å². The van der Waals surface area contributed by atoms with Crippen LogP contribution in [0.3, 0.4) is 0 Å². The van der Waals surface area contributed by atoms with E-state index in [-0.39, 0.29) is 0 Å². The van der Waals surface area contributed by atoms with Crippen LogP contribution in [0.2, 0.25) is 0 Å². The predicted molar refractivity (Wildman–Crippen MR) is 49.1 cm³/mol. The molecule has 0 saturated carbocycles. The Hall–Kier alpha value is -1.38. The average Bonchev–Trinajstić information content (AvgIpc) is 2.48. The van der Waals surface area contributed by atoms with E-state index in [2.05, 4.69) is 9.97 Å². The molecule has 0 aromatic carbocycles. The molecular weight excluding hydrogens is 150 g/mol. The number of hydrogen-bond donors (Lipinski definition) is 0. The fourth-order valence-electron chi connectivity index (χ4n) is 0.992. The third-order valence-corrected chi connectivity index (χ3v) is 1.41. The predicted octanol–water partition coefficient (Wildman–Crippen LogP) is 2.06. The van der Waals surface area contributed by atoms with Crippen LogP contribution in [0.4, 0.5) is 0 Å². The Morgan fingerprint density at radius 2 is 2.08 bits per heavy atom. The Morgan fingerprint density at radius 3 is 2.75 bits per heavy atom. The molecule has 0 spiro atoms. The van der Waals surface area contributed by atoms with Crippen LogP contribution >= 0.6 is 0 Å². The van der Waals surface area contributed by atoms with Crippen LogP contribution in [0, 0.1) is 6.92 Å². The van der Waals surface area contributed by atoms with E-state index < -0.39 is 0 Å². The van der Waals surface area contributed by atoms with Gasteiger partial charge in [0.05, 0.1) is 0 Å². The number of rotatable bonds is 0. The van der Waals surface area contributed by atoms with Gasteiger partial charge in [0.15, 0.2) is 0 Å². The highest BCUT2D eigenvalue weighted by atomic mass is 15.0. The highest BCUT2D eigenvalue weighted by molar-refractivity contribution is 5.40. The first-order chi connectivity index (χ1) is 5.86. The van der Waals surface area contributed by atoms with Crippen molar-refractivity contribution in [1.29, 1.82) is 0 Å². The standard InChI is InChI=1S/C7H7N3.C2H6/c1-6-2-7-9-4-8-5-10(7)3-6;1-2/h2-5H,1H3;1-2H3. The second-order valence-corrected chi connectivity index (χ2v) is 2.29. The first-order valence-corrected chi connectivity index (χ1v) is 4.10. The molecule has 2 rings (SSSR count). The van der Waals surface area contributed by atoms with Crippen molar-refractivity contribution < 1.29 is 0 Å². The summed E-state index contributed by atoms with van der Waals surface area (Å²) in [5.74, 6) is 0. The fraction of sp³-hybridized carbons (Fsp3) is 0.333. The quantitative estimate of drug-likeness (QED) is 0.595. The third-order valence-electron chi connectivity index (χ3n) is 1.41. The van der Waals surface area contributed by atoms with Gasteiger partial charge in [0.1, 0.15) is 18.3 Å². The van der Waals surface area contributed by atoms with Crippen LogP contribution in [-0.4, -0.2) is 14.4 Å². The highest BCUT2D eigenvalue weighted by Gasteiger charge is 1.92. The molecule has 0 aliphatic heterocycles. The molecule has 0 saturated heterocycles. The molecule has 0 fully saturated rings. The smallest absolute Gasteiger partial charge is 0.139 e. The summed E-state index contributed by atoms with van der Waals surface area (Å²) in [6, 6.07) is 2.02. The molecule has 2 heterocycles. The summed E-state index contributed by atoms with van der Waals surface area (Å²) in [5, 5.41) is 0. The van der Waals surface area contributed by atoms with Gasteiger partial charge in [0.2, 0.25) is 0 Å². The topological polar surface area (TPSA) is 30.2 Å². The molecule has 2 aromatic rings. The van der Waals surface area contributed by atoms with Gasteiger partial charge in [-0.05, 0) is 18.6 Å². The van der Waals surface area contributed by atoms with Gasteiger partial charge in [-0.1, -0.05) is 13.8 Å². The Labute approximate surface area is 72.1 Å². The summed E-state index contributed by atoms with van der Waals surface area (Å²) >= 11 is 0. The fourth-order valence-corrected chi connectivity index (χ4v) is 0.992. The molecule has 3 heteroatoms. The number of fused-ring (bicyclic) bond motifs is 1. The number of aryl methyl sites for hydroxylation is 1. The lowest BCUT2D eigenvalue weighted by Crippen LogP contribution is -1.85. The summed E-state index contributed by atoms with van der Waals surface area (Å²) in [6.07, 6.45) is 5.29. The molecule has 0 bridgehead atoms. The van der Waals surface area contributed by atoms with Gasteiger partial charge in [0, 0.05) is 6.20 Å². The van der Waals surface area contributed by atoms with Crippen molar-refractivity contribution in [3.8, 4) is 0 Å². The Balaban J connectivity index is 0.000000336. The largest absolute Gasteiger partial charge is 0.292 e. The van der Waals surface area contributed by atoms with Crippen molar-refractivity contribution in [2.24, 2.45) is 0 Å². The van der Waals surface area contributed by atoms with Gasteiger partial charge >= 0.3 is 0 Å². The van der Waals surface area contributed by atoms with E-state index in [0.717, 1.165) is 5.65 Å². The molecule has 0 aliphatic rings. The van der Waals surface area contributed by atoms with Gasteiger partial charge in [-0.3, -0.25) is 4.40 Å². The van der Waals surface area contributed by atoms with Crippen LogP contribution in [-0.2, 0) is 0 Å². The van der Waals surface area contributed by atoms with Crippen molar-refractivity contribution in [3.63, 3.8) is 0 Å². The first-order valence-electron chi connectivity index (χ1n) is 4.10. The van der Waals surface area contributed by atoms with Gasteiger partial charge in [-0.15, -0.1) is 0 Å². The second-order valence-electron chi connectivity index (χ2n) is 2.29. The van der Waals surface area contributed by atoms with Crippen LogP contribution in [0.1, 0.15) is 19.4 Å². The SMILES string of the molecule is CC.Cc1cc2ncncn2c1. The maximum Gasteiger partial charge on any atom is 0.139 e. The van der Waals surface area contributed by atoms with E-state index >= 15 is 0 Å². The van der Waals surface area contributed by atoms with E-state index in [0.29, 0.717) is 0 Å². The van der Waals surface area contributed by atoms with E-state index in [1.807, 2.05) is 37.4 Å². The third kappa shape index (κ3) is 1.61. The van der Waals surface area contributed by atoms with Crippen molar-refractivity contribution in [1.82, 2.24) is 14.4 Å². The van der Waals surface area contributed by atoms with Crippen molar-refractivity contribution in [2.45, 2.75) is 20.8 Å². The normalized spacial score (nSPS) is 9.25. The summed E-state index contributed by atoms with van der Waals surface area (Å²) in [7, 11) is 0. The monoisotopic (exact) mass is 163 g/mol. The van der Waals surface area contributed by atoms with Crippen LogP contribution in [0.15, 0.2) is 24.9 Å². The van der Waals surface area contributed by atoms with Gasteiger partial charge in [-0.25, -0.2) is 9.97 Å². The summed E-state index contributed by atoms with van der Waals surface area (Å²) in [5.41, 5.74) is 2.16. The molecule has 2 aromatic heterocycles. The lowest BCUT2D eigenvalue weighted by atomic mass is 10.4. The minimum Gasteiger partial charge on any atom is -0.292 e. The molecule has 0 radical (unpaired) electrons. The maximum absolute atomic E-state index is 4.05. The van der Waals surface area contributed by atoms with Gasteiger partial charge in [-0.2, -0.15) is 0 Å². The van der Waals surface area contributed by atoms with Gasteiger partial charge < -0.3 is 0 Å². The van der Waals surface area contributed by atoms with Crippen molar-refractivity contribution in [3.05, 3.63) is 30.5 Å². The molecule has 64 valence electrons. The van der Waals surface area contributed by atoms with Crippen LogP contribution < -0.4 is 0 Å². The summed E-state index contributed by atoms with van der Waals surface area (Å²) < 4.78 is 1.90. The minimum absolute atomic E-state index is 0.951. The average molecular weight is 163 g/mol. The number of aromatic nitrogens is 3. The van der Waals surface area contributed by atoms with E-state index in [1.54, 1.807) is 12.7 Å². The Bertz CT molecular complexity index is 318. The Morgan fingerprint density at radius 1 is 1.33 bits per heavy atom. The maximum atomic E-state index is 4.05. The zero-order valence-corrected chi connectivity index (χ0v) is 7.65. The molecule has 0 amide bonds. The zero-order chi connectivity index (χ0) is 8.97. The van der Waals surface area contributed by atoms with Crippen molar-refractivity contribution in [2.75, 3.05) is 0 Å². The molecule has 0 aliphatic carbocycles. The van der Waals surface area contributed by atoms with E-state index in [9.17, 15) is 0 Å².